The zero-order valence-electron chi connectivity index (χ0n) is 15.8. The third-order valence-corrected chi connectivity index (χ3v) is 5.39. The Bertz CT molecular complexity index is 918. The van der Waals surface area contributed by atoms with Gasteiger partial charge in [-0.25, -0.2) is 4.79 Å². The first kappa shape index (κ1) is 18.4. The largest absolute Gasteiger partial charge is 0.381 e. The number of aromatic nitrogens is 1. The number of hydrogen-bond donors (Lipinski definition) is 2. The van der Waals surface area contributed by atoms with Crippen molar-refractivity contribution in [2.75, 3.05) is 13.2 Å². The van der Waals surface area contributed by atoms with Crippen LogP contribution in [0.1, 0.15) is 30.0 Å². The molecular weight excluding hydrogens is 350 g/mol. The van der Waals surface area contributed by atoms with E-state index in [2.05, 4.69) is 39.9 Å². The van der Waals surface area contributed by atoms with E-state index in [0.29, 0.717) is 12.5 Å². The summed E-state index contributed by atoms with van der Waals surface area (Å²) in [5.41, 5.74) is 2.15. The van der Waals surface area contributed by atoms with E-state index in [-0.39, 0.29) is 12.1 Å². The summed E-state index contributed by atoms with van der Waals surface area (Å²) in [7, 11) is 0. The van der Waals surface area contributed by atoms with Gasteiger partial charge in [0.2, 0.25) is 0 Å². The zero-order valence-corrected chi connectivity index (χ0v) is 15.8. The van der Waals surface area contributed by atoms with Crippen LogP contribution in [-0.2, 0) is 11.3 Å². The van der Waals surface area contributed by atoms with Crippen LogP contribution in [0.3, 0.4) is 0 Å². The third-order valence-electron chi connectivity index (χ3n) is 5.39. The number of fused-ring (bicyclic) bond motifs is 1. The average molecular weight is 375 g/mol. The Kier molecular flexibility index (Phi) is 5.83. The number of ether oxygens (including phenoxy) is 1. The number of carbonyl (C=O) groups excluding carboxylic acids is 1. The molecule has 0 radical (unpaired) electrons. The molecule has 1 aliphatic heterocycles. The van der Waals surface area contributed by atoms with Gasteiger partial charge in [-0.05, 0) is 46.7 Å². The van der Waals surface area contributed by atoms with Gasteiger partial charge < -0.3 is 15.4 Å². The van der Waals surface area contributed by atoms with Crippen LogP contribution in [0.15, 0.2) is 67.0 Å². The molecule has 2 aromatic carbocycles. The van der Waals surface area contributed by atoms with Gasteiger partial charge in [-0.3, -0.25) is 4.98 Å². The lowest BCUT2D eigenvalue weighted by Gasteiger charge is -2.31. The van der Waals surface area contributed by atoms with Crippen LogP contribution in [0.5, 0.6) is 0 Å². The van der Waals surface area contributed by atoms with E-state index in [1.807, 2.05) is 36.5 Å². The van der Waals surface area contributed by atoms with Crippen molar-refractivity contribution in [2.45, 2.75) is 25.4 Å². The maximum Gasteiger partial charge on any atom is 0.315 e. The van der Waals surface area contributed by atoms with Gasteiger partial charge in [-0.1, -0.05) is 48.5 Å². The lowest BCUT2D eigenvalue weighted by molar-refractivity contribution is 0.0547. The number of nitrogens with zero attached hydrogens (tertiary/aromatic N) is 1. The molecule has 0 aliphatic carbocycles. The Hall–Kier alpha value is -2.92. The minimum Gasteiger partial charge on any atom is -0.381 e. The predicted molar refractivity (Wildman–Crippen MR) is 110 cm³/mol. The third kappa shape index (κ3) is 4.31. The summed E-state index contributed by atoms with van der Waals surface area (Å²) in [4.78, 5) is 16.9. The molecule has 1 aliphatic rings. The quantitative estimate of drug-likeness (QED) is 0.702. The molecule has 2 heterocycles. The van der Waals surface area contributed by atoms with Crippen molar-refractivity contribution in [3.05, 3.63) is 78.1 Å². The highest BCUT2D eigenvalue weighted by Gasteiger charge is 2.27. The molecule has 1 fully saturated rings. The normalized spacial score (nSPS) is 15.9. The first-order valence-corrected chi connectivity index (χ1v) is 9.80. The SMILES string of the molecule is O=C(NCc1cccc2ccccc12)N[C@@H](c1cccnc1)C1CCOCC1. The summed E-state index contributed by atoms with van der Waals surface area (Å²) in [6.07, 6.45) is 5.46. The molecule has 0 unspecified atom stereocenters. The van der Waals surface area contributed by atoms with Crippen molar-refractivity contribution in [1.29, 1.82) is 0 Å². The summed E-state index contributed by atoms with van der Waals surface area (Å²) >= 11 is 0. The number of rotatable bonds is 5. The first-order chi connectivity index (χ1) is 13.8. The Labute approximate surface area is 165 Å². The maximum absolute atomic E-state index is 12.7. The Morgan fingerprint density at radius 3 is 2.71 bits per heavy atom. The predicted octanol–water partition coefficient (Wildman–Crippen LogP) is 4.20. The van der Waals surface area contributed by atoms with Crippen molar-refractivity contribution in [3.63, 3.8) is 0 Å². The Morgan fingerprint density at radius 1 is 1.07 bits per heavy atom. The molecule has 1 atom stereocenters. The molecule has 2 amide bonds. The molecule has 4 rings (SSSR count). The Balaban J connectivity index is 1.45. The van der Waals surface area contributed by atoms with Gasteiger partial charge in [0.1, 0.15) is 0 Å². The number of hydrogen-bond acceptors (Lipinski definition) is 3. The van der Waals surface area contributed by atoms with E-state index in [1.165, 1.54) is 10.8 Å². The summed E-state index contributed by atoms with van der Waals surface area (Å²) in [6, 6.07) is 18.1. The van der Waals surface area contributed by atoms with Crippen LogP contribution in [-0.4, -0.2) is 24.2 Å². The van der Waals surface area contributed by atoms with E-state index in [0.717, 1.165) is 37.2 Å². The number of urea groups is 1. The molecular formula is C23H25N3O2. The average Bonchev–Trinajstić information content (AvgIpc) is 2.77. The van der Waals surface area contributed by atoms with Crippen LogP contribution in [0.25, 0.3) is 10.8 Å². The van der Waals surface area contributed by atoms with Crippen molar-refractivity contribution in [3.8, 4) is 0 Å². The molecule has 3 aromatic rings. The standard InChI is InChI=1S/C23H25N3O2/c27-23(25-16-19-7-3-6-17-5-1-2-9-21(17)19)26-22(18-10-13-28-14-11-18)20-8-4-12-24-15-20/h1-9,12,15,18,22H,10-11,13-14,16H2,(H2,25,26,27)/t22-/m1/s1. The molecule has 1 saturated heterocycles. The molecule has 1 aromatic heterocycles. The van der Waals surface area contributed by atoms with E-state index in [9.17, 15) is 4.79 Å². The minimum atomic E-state index is -0.159. The number of amides is 2. The van der Waals surface area contributed by atoms with Crippen LogP contribution in [0, 0.1) is 5.92 Å². The highest BCUT2D eigenvalue weighted by atomic mass is 16.5. The van der Waals surface area contributed by atoms with Gasteiger partial charge in [-0.15, -0.1) is 0 Å². The fraction of sp³-hybridized carbons (Fsp3) is 0.304. The molecule has 0 spiro atoms. The van der Waals surface area contributed by atoms with Crippen LogP contribution in [0.4, 0.5) is 4.79 Å². The summed E-state index contributed by atoms with van der Waals surface area (Å²) in [5.74, 6) is 0.348. The lowest BCUT2D eigenvalue weighted by Crippen LogP contribution is -2.41. The molecule has 5 nitrogen and oxygen atoms in total. The summed E-state index contributed by atoms with van der Waals surface area (Å²) in [5, 5.41) is 8.55. The highest BCUT2D eigenvalue weighted by molar-refractivity contribution is 5.86. The fourth-order valence-electron chi connectivity index (χ4n) is 3.90. The number of nitrogens with one attached hydrogen (secondary N) is 2. The molecule has 0 saturated carbocycles. The second kappa shape index (κ2) is 8.85. The van der Waals surface area contributed by atoms with Crippen molar-refractivity contribution in [1.82, 2.24) is 15.6 Å². The van der Waals surface area contributed by atoms with Crippen LogP contribution in [0.2, 0.25) is 0 Å². The van der Waals surface area contributed by atoms with Gasteiger partial charge in [-0.2, -0.15) is 0 Å². The molecule has 2 N–H and O–H groups in total. The van der Waals surface area contributed by atoms with E-state index < -0.39 is 0 Å². The van der Waals surface area contributed by atoms with E-state index >= 15 is 0 Å². The fourth-order valence-corrected chi connectivity index (χ4v) is 3.90. The van der Waals surface area contributed by atoms with Crippen molar-refractivity contribution >= 4 is 16.8 Å². The zero-order chi connectivity index (χ0) is 19.2. The smallest absolute Gasteiger partial charge is 0.315 e. The number of carbonyl (C=O) groups is 1. The van der Waals surface area contributed by atoms with Crippen molar-refractivity contribution in [2.24, 2.45) is 5.92 Å². The van der Waals surface area contributed by atoms with Gasteiger partial charge in [0.15, 0.2) is 0 Å². The topological polar surface area (TPSA) is 63.2 Å². The minimum absolute atomic E-state index is 0.0647. The maximum atomic E-state index is 12.7. The lowest BCUT2D eigenvalue weighted by atomic mass is 9.88. The highest BCUT2D eigenvalue weighted by Crippen LogP contribution is 2.29. The summed E-state index contributed by atoms with van der Waals surface area (Å²) in [6.45, 7) is 1.96. The molecule has 144 valence electrons. The monoisotopic (exact) mass is 375 g/mol. The second-order valence-corrected chi connectivity index (χ2v) is 7.18. The molecule has 5 heteroatoms. The van der Waals surface area contributed by atoms with Crippen LogP contribution < -0.4 is 10.6 Å². The molecule has 0 bridgehead atoms. The Morgan fingerprint density at radius 2 is 1.89 bits per heavy atom. The first-order valence-electron chi connectivity index (χ1n) is 9.80. The van der Waals surface area contributed by atoms with Crippen molar-refractivity contribution < 1.29 is 9.53 Å². The second-order valence-electron chi connectivity index (χ2n) is 7.18. The van der Waals surface area contributed by atoms with E-state index in [4.69, 9.17) is 4.74 Å². The van der Waals surface area contributed by atoms with Gasteiger partial charge in [0.05, 0.1) is 6.04 Å². The van der Waals surface area contributed by atoms with E-state index in [1.54, 1.807) is 6.20 Å². The van der Waals surface area contributed by atoms with Gasteiger partial charge >= 0.3 is 6.03 Å². The molecule has 28 heavy (non-hydrogen) atoms. The number of pyridine rings is 1. The van der Waals surface area contributed by atoms with Crippen LogP contribution >= 0.6 is 0 Å². The van der Waals surface area contributed by atoms with Gasteiger partial charge in [0, 0.05) is 32.2 Å². The number of benzene rings is 2. The summed E-state index contributed by atoms with van der Waals surface area (Å²) < 4.78 is 5.49. The van der Waals surface area contributed by atoms with Gasteiger partial charge in [0.25, 0.3) is 0 Å².